The maximum atomic E-state index is 13.7. The molecule has 0 radical (unpaired) electrons. The minimum absolute atomic E-state index is 0.0503. The number of rotatable bonds is 6. The van der Waals surface area contributed by atoms with Crippen molar-refractivity contribution in [2.45, 2.75) is 24.8 Å². The largest absolute Gasteiger partial charge is 0.256 e. The molecule has 1 N–H and O–H groups in total. The van der Waals surface area contributed by atoms with Crippen LogP contribution in [0.5, 0.6) is 0 Å². The highest BCUT2D eigenvalue weighted by molar-refractivity contribution is 7.89. The van der Waals surface area contributed by atoms with Gasteiger partial charge in [0, 0.05) is 16.0 Å². The van der Waals surface area contributed by atoms with E-state index in [1.165, 1.54) is 12.1 Å². The third kappa shape index (κ3) is 5.09. The first kappa shape index (κ1) is 24.9. The van der Waals surface area contributed by atoms with Crippen molar-refractivity contribution in [3.63, 3.8) is 0 Å². The lowest BCUT2D eigenvalue weighted by atomic mass is 9.91. The van der Waals surface area contributed by atoms with Crippen LogP contribution >= 0.6 is 34.8 Å². The Hall–Kier alpha value is -2.16. The number of sulfonamides is 1. The van der Waals surface area contributed by atoms with Gasteiger partial charge >= 0.3 is 0 Å². The molecule has 0 unspecified atom stereocenters. The Morgan fingerprint density at radius 2 is 1.68 bits per heavy atom. The van der Waals surface area contributed by atoms with E-state index in [9.17, 15) is 12.8 Å². The van der Waals surface area contributed by atoms with Crippen molar-refractivity contribution >= 4 is 56.2 Å². The quantitative estimate of drug-likeness (QED) is 0.382. The fraction of sp³-hybridized carbons (Fsp3) is 0.208. The Morgan fingerprint density at radius 1 is 1.00 bits per heavy atom. The van der Waals surface area contributed by atoms with E-state index in [1.54, 1.807) is 42.3 Å². The van der Waals surface area contributed by atoms with Gasteiger partial charge in [0.25, 0.3) is 0 Å². The van der Waals surface area contributed by atoms with Crippen LogP contribution in [0.1, 0.15) is 24.1 Å². The molecule has 0 aromatic heterocycles. The predicted molar refractivity (Wildman–Crippen MR) is 136 cm³/mol. The lowest BCUT2D eigenvalue weighted by molar-refractivity contribution is 0.576. The zero-order valence-electron chi connectivity index (χ0n) is 18.3. The van der Waals surface area contributed by atoms with Gasteiger partial charge in [0.15, 0.2) is 0 Å². The van der Waals surface area contributed by atoms with Crippen LogP contribution in [-0.2, 0) is 10.0 Å². The molecule has 5 nitrogen and oxygen atoms in total. The van der Waals surface area contributed by atoms with Crippen molar-refractivity contribution in [3.8, 4) is 0 Å². The van der Waals surface area contributed by atoms with Crippen LogP contribution < -0.4 is 9.73 Å². The second kappa shape index (κ2) is 9.84. The normalized spacial score (nSPS) is 18.3. The molecule has 34 heavy (non-hydrogen) atoms. The average Bonchev–Trinajstić information content (AvgIpc) is 3.10. The number of hydrogen-bond donors (Lipinski definition) is 1. The van der Waals surface area contributed by atoms with E-state index in [2.05, 4.69) is 4.72 Å². The summed E-state index contributed by atoms with van der Waals surface area (Å²) in [5, 5.41) is 8.01. The fourth-order valence-electron chi connectivity index (χ4n) is 3.95. The van der Waals surface area contributed by atoms with E-state index in [0.717, 1.165) is 11.6 Å². The van der Waals surface area contributed by atoms with E-state index in [1.807, 2.05) is 19.1 Å². The van der Waals surface area contributed by atoms with Crippen LogP contribution in [0.4, 0.5) is 10.1 Å². The second-order valence-electron chi connectivity index (χ2n) is 8.05. The van der Waals surface area contributed by atoms with E-state index in [0.29, 0.717) is 32.0 Å². The van der Waals surface area contributed by atoms with Crippen LogP contribution in [0.2, 0.25) is 15.1 Å². The molecule has 0 spiro atoms. The van der Waals surface area contributed by atoms with Crippen molar-refractivity contribution in [1.82, 2.24) is 4.72 Å². The summed E-state index contributed by atoms with van der Waals surface area (Å²) >= 11 is 18.6. The summed E-state index contributed by atoms with van der Waals surface area (Å²) in [6.45, 7) is 3.53. The maximum absolute atomic E-state index is 13.7. The molecule has 3 aromatic rings. The lowest BCUT2D eigenvalue weighted by Gasteiger charge is -2.28. The summed E-state index contributed by atoms with van der Waals surface area (Å²) in [6, 6.07) is 15.9. The first-order valence-electron chi connectivity index (χ1n) is 10.4. The highest BCUT2D eigenvalue weighted by Crippen LogP contribution is 2.42. The molecule has 2 atom stereocenters. The van der Waals surface area contributed by atoms with Gasteiger partial charge in [-0.2, -0.15) is 5.10 Å². The molecular formula is C24H21Cl3FN3O2S. The van der Waals surface area contributed by atoms with Gasteiger partial charge in [0.2, 0.25) is 10.0 Å². The van der Waals surface area contributed by atoms with Crippen molar-refractivity contribution in [2.24, 2.45) is 11.0 Å². The van der Waals surface area contributed by atoms with Gasteiger partial charge in [-0.3, -0.25) is 5.01 Å². The number of benzene rings is 3. The number of hydrogen-bond acceptors (Lipinski definition) is 4. The summed E-state index contributed by atoms with van der Waals surface area (Å²) in [5.41, 5.74) is 2.62. The van der Waals surface area contributed by atoms with Crippen molar-refractivity contribution in [1.29, 1.82) is 0 Å². The zero-order chi connectivity index (χ0) is 24.6. The van der Waals surface area contributed by atoms with Crippen LogP contribution in [-0.4, -0.2) is 20.7 Å². The number of hydrazone groups is 1. The lowest BCUT2D eigenvalue weighted by Crippen LogP contribution is -2.32. The third-order valence-electron chi connectivity index (χ3n) is 5.75. The Balaban J connectivity index is 1.68. The minimum atomic E-state index is -3.96. The van der Waals surface area contributed by atoms with Gasteiger partial charge in [-0.15, -0.1) is 0 Å². The summed E-state index contributed by atoms with van der Waals surface area (Å²) < 4.78 is 42.1. The molecule has 1 aliphatic rings. The molecule has 0 bridgehead atoms. The molecule has 0 saturated carbocycles. The molecule has 1 heterocycles. The third-order valence-corrected chi connectivity index (χ3v) is 8.08. The molecule has 10 heteroatoms. The predicted octanol–water partition coefficient (Wildman–Crippen LogP) is 6.63. The maximum Gasteiger partial charge on any atom is 0.241 e. The highest BCUT2D eigenvalue weighted by atomic mass is 35.5. The molecule has 3 aromatic carbocycles. The summed E-state index contributed by atoms with van der Waals surface area (Å²) in [6.07, 6.45) is 0. The molecular weight excluding hydrogens is 520 g/mol. The van der Waals surface area contributed by atoms with Gasteiger partial charge in [0.05, 0.1) is 33.9 Å². The SMILES string of the molecule is Cc1ccc(F)cc1S(=O)(=O)NCC1=NN(c2ccc(Cl)cc2Cl)[C@@H](c2ccc(Cl)cc2)[C@@H]1C. The van der Waals surface area contributed by atoms with Gasteiger partial charge in [0.1, 0.15) is 5.82 Å². The molecule has 1 aliphatic heterocycles. The number of nitrogens with one attached hydrogen (secondary N) is 1. The van der Waals surface area contributed by atoms with Crippen molar-refractivity contribution < 1.29 is 12.8 Å². The van der Waals surface area contributed by atoms with Crippen LogP contribution in [0.15, 0.2) is 70.7 Å². The minimum Gasteiger partial charge on any atom is -0.256 e. The average molecular weight is 541 g/mol. The van der Waals surface area contributed by atoms with Crippen LogP contribution in [0.3, 0.4) is 0 Å². The monoisotopic (exact) mass is 539 g/mol. The Morgan fingerprint density at radius 3 is 2.35 bits per heavy atom. The fourth-order valence-corrected chi connectivity index (χ4v) is 5.83. The zero-order valence-corrected chi connectivity index (χ0v) is 21.4. The first-order chi connectivity index (χ1) is 16.1. The van der Waals surface area contributed by atoms with Gasteiger partial charge in [-0.05, 0) is 60.5 Å². The van der Waals surface area contributed by atoms with Crippen molar-refractivity contribution in [2.75, 3.05) is 11.6 Å². The Bertz CT molecular complexity index is 1360. The summed E-state index contributed by atoms with van der Waals surface area (Å²) in [4.78, 5) is -0.106. The molecule has 0 fully saturated rings. The van der Waals surface area contributed by atoms with Gasteiger partial charge in [-0.1, -0.05) is 59.9 Å². The standard InChI is InChI=1S/C24H21Cl3FN3O2S/c1-14-3-9-19(28)12-23(14)34(32,33)29-13-21-15(2)24(16-4-6-17(25)7-5-16)31(30-21)22-10-8-18(26)11-20(22)27/h3-12,15,24,29H,13H2,1-2H3/t15-,24-/m1/s1. The first-order valence-corrected chi connectivity index (χ1v) is 13.0. The topological polar surface area (TPSA) is 61.8 Å². The molecule has 4 rings (SSSR count). The van der Waals surface area contributed by atoms with E-state index < -0.39 is 15.8 Å². The highest BCUT2D eigenvalue weighted by Gasteiger charge is 2.37. The molecule has 0 aliphatic carbocycles. The summed E-state index contributed by atoms with van der Waals surface area (Å²) in [5.74, 6) is -0.798. The second-order valence-corrected chi connectivity index (χ2v) is 11.1. The smallest absolute Gasteiger partial charge is 0.241 e. The molecule has 0 amide bonds. The summed E-state index contributed by atoms with van der Waals surface area (Å²) in [7, 11) is -3.96. The molecule has 178 valence electrons. The van der Waals surface area contributed by atoms with E-state index in [4.69, 9.17) is 39.9 Å². The van der Waals surface area contributed by atoms with Crippen LogP contribution in [0.25, 0.3) is 0 Å². The Labute approximate surface area is 213 Å². The number of halogens is 4. The van der Waals surface area contributed by atoms with Gasteiger partial charge in [-0.25, -0.2) is 17.5 Å². The number of anilines is 1. The number of nitrogens with zero attached hydrogens (tertiary/aromatic N) is 2. The van der Waals surface area contributed by atoms with Crippen LogP contribution in [0, 0.1) is 18.7 Å². The molecule has 0 saturated heterocycles. The van der Waals surface area contributed by atoms with E-state index >= 15 is 0 Å². The van der Waals surface area contributed by atoms with Crippen molar-refractivity contribution in [3.05, 3.63) is 92.7 Å². The van der Waals surface area contributed by atoms with E-state index in [-0.39, 0.29) is 23.4 Å². The number of aryl methyl sites for hydroxylation is 1. The Kier molecular flexibility index (Phi) is 7.22. The van der Waals surface area contributed by atoms with Gasteiger partial charge < -0.3 is 0 Å².